The second kappa shape index (κ2) is 5.72. The van der Waals surface area contributed by atoms with Gasteiger partial charge in [0, 0.05) is 35.7 Å². The minimum atomic E-state index is 0.554. The van der Waals surface area contributed by atoms with Crippen LogP contribution in [0.5, 0.6) is 0 Å². The van der Waals surface area contributed by atoms with Gasteiger partial charge >= 0.3 is 0 Å². The third-order valence-electron chi connectivity index (χ3n) is 3.29. The fourth-order valence-corrected chi connectivity index (χ4v) is 2.36. The molecule has 1 fully saturated rings. The Balaban J connectivity index is 2.23. The lowest BCUT2D eigenvalue weighted by molar-refractivity contribution is 0.710. The summed E-state index contributed by atoms with van der Waals surface area (Å²) in [7, 11) is 0. The van der Waals surface area contributed by atoms with Crippen molar-refractivity contribution in [2.45, 2.75) is 51.5 Å². The predicted molar refractivity (Wildman–Crippen MR) is 73.8 cm³/mol. The predicted octanol–water partition coefficient (Wildman–Crippen LogP) is 3.90. The van der Waals surface area contributed by atoms with Gasteiger partial charge in [-0.25, -0.2) is 0 Å². The van der Waals surface area contributed by atoms with E-state index in [9.17, 15) is 0 Å². The standard InChI is InChI=1S/C14H21ClN2/c1-3-4-7-17(13-5-6-13)14-8-11(2)16-10-12(14)9-15/h8,10,13H,3-7,9H2,1-2H3. The van der Waals surface area contributed by atoms with Gasteiger partial charge in [-0.15, -0.1) is 11.6 Å². The van der Waals surface area contributed by atoms with Gasteiger partial charge in [0.2, 0.25) is 0 Å². The van der Waals surface area contributed by atoms with Crippen LogP contribution < -0.4 is 4.90 Å². The van der Waals surface area contributed by atoms with Crippen LogP contribution in [0, 0.1) is 6.92 Å². The third kappa shape index (κ3) is 3.12. The minimum Gasteiger partial charge on any atom is -0.368 e. The molecule has 0 saturated heterocycles. The lowest BCUT2D eigenvalue weighted by Crippen LogP contribution is -2.28. The molecule has 1 heterocycles. The molecule has 0 bridgehead atoms. The van der Waals surface area contributed by atoms with Crippen molar-refractivity contribution in [3.05, 3.63) is 23.5 Å². The van der Waals surface area contributed by atoms with Crippen LogP contribution >= 0.6 is 11.6 Å². The van der Waals surface area contributed by atoms with Crippen molar-refractivity contribution in [1.82, 2.24) is 4.98 Å². The van der Waals surface area contributed by atoms with Gasteiger partial charge in [-0.3, -0.25) is 4.98 Å². The molecule has 0 N–H and O–H groups in total. The number of pyridine rings is 1. The highest BCUT2D eigenvalue weighted by Gasteiger charge is 2.29. The van der Waals surface area contributed by atoms with Crippen molar-refractivity contribution < 1.29 is 0 Å². The highest BCUT2D eigenvalue weighted by Crippen LogP contribution is 2.34. The van der Waals surface area contributed by atoms with E-state index in [2.05, 4.69) is 22.9 Å². The molecular formula is C14H21ClN2. The van der Waals surface area contributed by atoms with Crippen LogP contribution in [0.2, 0.25) is 0 Å². The highest BCUT2D eigenvalue weighted by atomic mass is 35.5. The van der Waals surface area contributed by atoms with E-state index in [1.165, 1.54) is 36.9 Å². The Morgan fingerprint density at radius 3 is 2.82 bits per heavy atom. The SMILES string of the molecule is CCCCN(c1cc(C)ncc1CCl)C1CC1. The Morgan fingerprint density at radius 2 is 2.24 bits per heavy atom. The van der Waals surface area contributed by atoms with E-state index in [1.54, 1.807) is 0 Å². The Bertz CT molecular complexity index is 374. The van der Waals surface area contributed by atoms with Gasteiger partial charge in [-0.05, 0) is 32.3 Å². The Kier molecular flexibility index (Phi) is 4.27. The van der Waals surface area contributed by atoms with Crippen LogP contribution in [0.1, 0.15) is 43.9 Å². The van der Waals surface area contributed by atoms with Crippen molar-refractivity contribution in [2.24, 2.45) is 0 Å². The number of anilines is 1. The van der Waals surface area contributed by atoms with Crippen molar-refractivity contribution >= 4 is 17.3 Å². The minimum absolute atomic E-state index is 0.554. The first-order valence-electron chi connectivity index (χ1n) is 6.54. The molecule has 1 aromatic heterocycles. The molecule has 2 nitrogen and oxygen atoms in total. The summed E-state index contributed by atoms with van der Waals surface area (Å²) in [6, 6.07) is 2.93. The molecule has 0 aromatic carbocycles. The van der Waals surface area contributed by atoms with E-state index in [0.29, 0.717) is 5.88 Å². The smallest absolute Gasteiger partial charge is 0.0509 e. The van der Waals surface area contributed by atoms with Crippen LogP contribution in [-0.2, 0) is 5.88 Å². The number of aryl methyl sites for hydroxylation is 1. The van der Waals surface area contributed by atoms with Crippen LogP contribution in [0.25, 0.3) is 0 Å². The number of rotatable bonds is 6. The van der Waals surface area contributed by atoms with E-state index in [-0.39, 0.29) is 0 Å². The summed E-state index contributed by atoms with van der Waals surface area (Å²) in [6.07, 6.45) is 7.07. The summed E-state index contributed by atoms with van der Waals surface area (Å²) in [5.74, 6) is 0.554. The number of unbranched alkanes of at least 4 members (excludes halogenated alkanes) is 1. The van der Waals surface area contributed by atoms with Gasteiger partial charge in [-0.2, -0.15) is 0 Å². The zero-order valence-corrected chi connectivity index (χ0v) is 11.5. The Hall–Kier alpha value is -0.760. The molecule has 0 atom stereocenters. The first-order valence-corrected chi connectivity index (χ1v) is 7.07. The molecular weight excluding hydrogens is 232 g/mol. The normalized spacial score (nSPS) is 15.0. The molecule has 1 aliphatic carbocycles. The maximum Gasteiger partial charge on any atom is 0.0509 e. The van der Waals surface area contributed by atoms with E-state index in [4.69, 9.17) is 11.6 Å². The van der Waals surface area contributed by atoms with Crippen molar-refractivity contribution in [1.29, 1.82) is 0 Å². The molecule has 0 aliphatic heterocycles. The van der Waals surface area contributed by atoms with Crippen LogP contribution in [-0.4, -0.2) is 17.6 Å². The van der Waals surface area contributed by atoms with Crippen molar-refractivity contribution in [2.75, 3.05) is 11.4 Å². The summed E-state index contributed by atoms with van der Waals surface area (Å²) < 4.78 is 0. The Labute approximate surface area is 109 Å². The number of aromatic nitrogens is 1. The zero-order chi connectivity index (χ0) is 12.3. The van der Waals surface area contributed by atoms with E-state index >= 15 is 0 Å². The molecule has 94 valence electrons. The first-order chi connectivity index (χ1) is 8.26. The van der Waals surface area contributed by atoms with Crippen molar-refractivity contribution in [3.63, 3.8) is 0 Å². The van der Waals surface area contributed by atoms with Gasteiger partial charge < -0.3 is 4.90 Å². The van der Waals surface area contributed by atoms with Gasteiger partial charge in [0.05, 0.1) is 5.88 Å². The molecule has 0 unspecified atom stereocenters. The second-order valence-corrected chi connectivity index (χ2v) is 5.13. The molecule has 1 aliphatic rings. The summed E-state index contributed by atoms with van der Waals surface area (Å²) in [6.45, 7) is 5.44. The van der Waals surface area contributed by atoms with Crippen molar-refractivity contribution in [3.8, 4) is 0 Å². The number of halogens is 1. The quantitative estimate of drug-likeness (QED) is 0.714. The van der Waals surface area contributed by atoms with E-state index < -0.39 is 0 Å². The second-order valence-electron chi connectivity index (χ2n) is 4.87. The summed E-state index contributed by atoms with van der Waals surface area (Å²) >= 11 is 6.02. The number of alkyl halides is 1. The van der Waals surface area contributed by atoms with E-state index in [1.807, 2.05) is 13.1 Å². The molecule has 1 aromatic rings. The van der Waals surface area contributed by atoms with Crippen LogP contribution in [0.4, 0.5) is 5.69 Å². The Morgan fingerprint density at radius 1 is 1.47 bits per heavy atom. The van der Waals surface area contributed by atoms with Gasteiger partial charge in [0.25, 0.3) is 0 Å². The lowest BCUT2D eigenvalue weighted by atomic mass is 10.2. The van der Waals surface area contributed by atoms with E-state index in [0.717, 1.165) is 18.3 Å². The number of hydrogen-bond donors (Lipinski definition) is 0. The van der Waals surface area contributed by atoms with Crippen LogP contribution in [0.3, 0.4) is 0 Å². The molecule has 3 heteroatoms. The largest absolute Gasteiger partial charge is 0.368 e. The lowest BCUT2D eigenvalue weighted by Gasteiger charge is -2.26. The average Bonchev–Trinajstić information content (AvgIpc) is 3.14. The fourth-order valence-electron chi connectivity index (χ4n) is 2.16. The molecule has 1 saturated carbocycles. The summed E-state index contributed by atoms with van der Waals surface area (Å²) in [4.78, 5) is 6.88. The number of nitrogens with zero attached hydrogens (tertiary/aromatic N) is 2. The maximum atomic E-state index is 6.02. The zero-order valence-electron chi connectivity index (χ0n) is 10.7. The molecule has 2 rings (SSSR count). The topological polar surface area (TPSA) is 16.1 Å². The molecule has 0 radical (unpaired) electrons. The van der Waals surface area contributed by atoms with Gasteiger partial charge in [0.15, 0.2) is 0 Å². The fraction of sp³-hybridized carbons (Fsp3) is 0.643. The highest BCUT2D eigenvalue weighted by molar-refractivity contribution is 6.17. The average molecular weight is 253 g/mol. The van der Waals surface area contributed by atoms with Gasteiger partial charge in [-0.1, -0.05) is 13.3 Å². The first kappa shape index (κ1) is 12.7. The van der Waals surface area contributed by atoms with Gasteiger partial charge in [0.1, 0.15) is 0 Å². The summed E-state index contributed by atoms with van der Waals surface area (Å²) in [5.41, 5.74) is 3.56. The monoisotopic (exact) mass is 252 g/mol. The number of hydrogen-bond acceptors (Lipinski definition) is 2. The molecule has 0 spiro atoms. The van der Waals surface area contributed by atoms with Crippen LogP contribution in [0.15, 0.2) is 12.3 Å². The summed E-state index contributed by atoms with van der Waals surface area (Å²) in [5, 5.41) is 0. The maximum absolute atomic E-state index is 6.02. The molecule has 0 amide bonds. The molecule has 17 heavy (non-hydrogen) atoms. The third-order valence-corrected chi connectivity index (χ3v) is 3.58.